The molecule has 0 saturated heterocycles. The second-order valence-corrected chi connectivity index (χ2v) is 9.27. The zero-order chi connectivity index (χ0) is 17.5. The van der Waals surface area contributed by atoms with E-state index in [1.54, 1.807) is 13.0 Å². The maximum absolute atomic E-state index is 11.1. The predicted molar refractivity (Wildman–Crippen MR) is 94.0 cm³/mol. The van der Waals surface area contributed by atoms with Crippen LogP contribution in [-0.2, 0) is 0 Å². The molecule has 6 unspecified atom stereocenters. The van der Waals surface area contributed by atoms with Gasteiger partial charge >= 0.3 is 0 Å². The number of rotatable bonds is 5. The van der Waals surface area contributed by atoms with Crippen molar-refractivity contribution < 1.29 is 15.3 Å². The van der Waals surface area contributed by atoms with Crippen LogP contribution in [0.3, 0.4) is 0 Å². The summed E-state index contributed by atoms with van der Waals surface area (Å²) in [5.41, 5.74) is -1.60. The van der Waals surface area contributed by atoms with E-state index in [2.05, 4.69) is 20.4 Å². The van der Waals surface area contributed by atoms with Gasteiger partial charge < -0.3 is 15.3 Å². The first-order chi connectivity index (χ1) is 10.5. The minimum absolute atomic E-state index is 0.0225. The van der Waals surface area contributed by atoms with Crippen molar-refractivity contribution in [3.8, 4) is 0 Å². The predicted octanol–water partition coefficient (Wildman–Crippen LogP) is 3.67. The van der Waals surface area contributed by atoms with Crippen molar-refractivity contribution in [2.24, 2.45) is 22.7 Å². The Bertz CT molecular complexity index is 442. The van der Waals surface area contributed by atoms with E-state index in [9.17, 15) is 15.3 Å². The van der Waals surface area contributed by atoms with Gasteiger partial charge in [0.05, 0.1) is 11.2 Å². The highest BCUT2D eigenvalue weighted by molar-refractivity contribution is 5.09. The van der Waals surface area contributed by atoms with E-state index in [4.69, 9.17) is 0 Å². The summed E-state index contributed by atoms with van der Waals surface area (Å²) in [4.78, 5) is 0. The van der Waals surface area contributed by atoms with Gasteiger partial charge in [-0.3, -0.25) is 0 Å². The van der Waals surface area contributed by atoms with Crippen LogP contribution in [0.4, 0.5) is 0 Å². The van der Waals surface area contributed by atoms with E-state index in [1.807, 2.05) is 6.92 Å². The number of fused-ring (bicyclic) bond motifs is 1. The topological polar surface area (TPSA) is 60.7 Å². The van der Waals surface area contributed by atoms with Gasteiger partial charge in [0.2, 0.25) is 0 Å². The van der Waals surface area contributed by atoms with E-state index in [-0.39, 0.29) is 23.4 Å². The Hall–Kier alpha value is -0.380. The third kappa shape index (κ3) is 3.38. The third-order valence-electron chi connectivity index (χ3n) is 7.33. The number of hydrogen-bond donors (Lipinski definition) is 3. The standard InChI is InChI=1S/C20H36O3/c1-6-18(3,22)12-8-16-19(4)11-7-10-17(2,14-21)15(19)9-13-20(16,5)23/h6,15-16,21-23H,1,7-14H2,2-5H3. The molecular weight excluding hydrogens is 288 g/mol. The zero-order valence-electron chi connectivity index (χ0n) is 15.4. The monoisotopic (exact) mass is 324 g/mol. The molecule has 3 heteroatoms. The second-order valence-electron chi connectivity index (χ2n) is 9.27. The van der Waals surface area contributed by atoms with Gasteiger partial charge in [0.15, 0.2) is 0 Å². The number of aliphatic hydroxyl groups excluding tert-OH is 1. The number of hydrogen-bond acceptors (Lipinski definition) is 3. The van der Waals surface area contributed by atoms with Crippen molar-refractivity contribution in [3.63, 3.8) is 0 Å². The molecule has 0 aromatic heterocycles. The molecule has 6 atom stereocenters. The lowest BCUT2D eigenvalue weighted by Gasteiger charge is -2.61. The molecule has 0 aliphatic heterocycles. The molecular formula is C20H36O3. The van der Waals surface area contributed by atoms with Gasteiger partial charge in [-0.25, -0.2) is 0 Å². The van der Waals surface area contributed by atoms with Crippen molar-refractivity contribution in [1.29, 1.82) is 0 Å². The molecule has 0 spiro atoms. The molecule has 2 saturated carbocycles. The molecule has 0 aromatic rings. The van der Waals surface area contributed by atoms with Crippen LogP contribution in [0.5, 0.6) is 0 Å². The lowest BCUT2D eigenvalue weighted by atomic mass is 9.45. The Morgan fingerprint density at radius 2 is 1.87 bits per heavy atom. The number of aliphatic hydroxyl groups is 3. The second kappa shape index (κ2) is 6.16. The van der Waals surface area contributed by atoms with Gasteiger partial charge in [0.25, 0.3) is 0 Å². The minimum atomic E-state index is -0.881. The lowest BCUT2D eigenvalue weighted by Crippen LogP contribution is -2.59. The zero-order valence-corrected chi connectivity index (χ0v) is 15.4. The Morgan fingerprint density at radius 3 is 2.43 bits per heavy atom. The van der Waals surface area contributed by atoms with Crippen LogP contribution in [0.2, 0.25) is 0 Å². The summed E-state index contributed by atoms with van der Waals surface area (Å²) in [5.74, 6) is 0.582. The largest absolute Gasteiger partial charge is 0.396 e. The highest BCUT2D eigenvalue weighted by Gasteiger charge is 2.58. The Balaban J connectivity index is 2.30. The van der Waals surface area contributed by atoms with Gasteiger partial charge in [-0.05, 0) is 75.0 Å². The molecule has 134 valence electrons. The average Bonchev–Trinajstić information content (AvgIpc) is 2.45. The molecule has 3 N–H and O–H groups in total. The summed E-state index contributed by atoms with van der Waals surface area (Å²) in [6.45, 7) is 12.2. The summed E-state index contributed by atoms with van der Waals surface area (Å²) < 4.78 is 0. The summed E-state index contributed by atoms with van der Waals surface area (Å²) in [6.07, 6.45) is 8.06. The normalized spacial score (nSPS) is 46.7. The fourth-order valence-corrected chi connectivity index (χ4v) is 5.80. The maximum Gasteiger partial charge on any atom is 0.0797 e. The molecule has 0 bridgehead atoms. The van der Waals surface area contributed by atoms with Gasteiger partial charge in [-0.2, -0.15) is 0 Å². The van der Waals surface area contributed by atoms with E-state index in [0.717, 1.165) is 38.5 Å². The Labute approximate surface area is 141 Å². The summed E-state index contributed by atoms with van der Waals surface area (Å²) >= 11 is 0. The van der Waals surface area contributed by atoms with Crippen molar-refractivity contribution in [2.45, 2.75) is 83.8 Å². The quantitative estimate of drug-likeness (QED) is 0.676. The van der Waals surface area contributed by atoms with Crippen LogP contribution < -0.4 is 0 Å². The molecule has 0 radical (unpaired) electrons. The van der Waals surface area contributed by atoms with Gasteiger partial charge in [0, 0.05) is 6.61 Å². The smallest absolute Gasteiger partial charge is 0.0797 e. The van der Waals surface area contributed by atoms with Crippen LogP contribution in [0.15, 0.2) is 12.7 Å². The first-order valence-electron chi connectivity index (χ1n) is 9.20. The Kier molecular flexibility index (Phi) is 5.08. The highest BCUT2D eigenvalue weighted by Crippen LogP contribution is 2.63. The molecule has 2 rings (SSSR count). The summed E-state index contributed by atoms with van der Waals surface area (Å²) in [7, 11) is 0. The van der Waals surface area contributed by atoms with Crippen LogP contribution in [-0.4, -0.2) is 33.1 Å². The molecule has 0 aromatic carbocycles. The van der Waals surface area contributed by atoms with Crippen LogP contribution >= 0.6 is 0 Å². The molecule has 23 heavy (non-hydrogen) atoms. The maximum atomic E-state index is 11.1. The van der Waals surface area contributed by atoms with E-state index >= 15 is 0 Å². The van der Waals surface area contributed by atoms with Gasteiger partial charge in [-0.1, -0.05) is 26.3 Å². The van der Waals surface area contributed by atoms with Crippen molar-refractivity contribution in [2.75, 3.05) is 6.61 Å². The van der Waals surface area contributed by atoms with E-state index in [1.165, 1.54) is 0 Å². The fraction of sp³-hybridized carbons (Fsp3) is 0.900. The highest BCUT2D eigenvalue weighted by atomic mass is 16.3. The Morgan fingerprint density at radius 1 is 1.22 bits per heavy atom. The first-order valence-corrected chi connectivity index (χ1v) is 9.20. The van der Waals surface area contributed by atoms with Crippen molar-refractivity contribution >= 4 is 0 Å². The molecule has 0 heterocycles. The molecule has 0 amide bonds. The molecule has 2 fully saturated rings. The van der Waals surface area contributed by atoms with Gasteiger partial charge in [-0.15, -0.1) is 6.58 Å². The molecule has 2 aliphatic carbocycles. The average molecular weight is 325 g/mol. The van der Waals surface area contributed by atoms with Crippen molar-refractivity contribution in [1.82, 2.24) is 0 Å². The van der Waals surface area contributed by atoms with Gasteiger partial charge in [0.1, 0.15) is 0 Å². The van der Waals surface area contributed by atoms with Crippen LogP contribution in [0, 0.1) is 22.7 Å². The summed E-state index contributed by atoms with van der Waals surface area (Å²) in [6, 6.07) is 0. The third-order valence-corrected chi connectivity index (χ3v) is 7.33. The SMILES string of the molecule is C=CC(C)(O)CCC1C(C)(O)CCC2C(C)(CO)CCCC12C. The van der Waals surface area contributed by atoms with E-state index in [0.29, 0.717) is 12.3 Å². The minimum Gasteiger partial charge on any atom is -0.396 e. The molecule has 2 aliphatic rings. The van der Waals surface area contributed by atoms with E-state index < -0.39 is 11.2 Å². The van der Waals surface area contributed by atoms with Crippen molar-refractivity contribution in [3.05, 3.63) is 12.7 Å². The van der Waals surface area contributed by atoms with Crippen LogP contribution in [0.1, 0.15) is 72.6 Å². The molecule has 3 nitrogen and oxygen atoms in total. The first kappa shape index (κ1) is 19.0. The summed E-state index contributed by atoms with van der Waals surface area (Å²) in [5, 5.41) is 31.4. The lowest BCUT2D eigenvalue weighted by molar-refractivity contribution is -0.182. The van der Waals surface area contributed by atoms with Crippen LogP contribution in [0.25, 0.3) is 0 Å². The fourth-order valence-electron chi connectivity index (χ4n) is 5.80.